The third-order valence-corrected chi connectivity index (χ3v) is 8.13. The summed E-state index contributed by atoms with van der Waals surface area (Å²) in [5.41, 5.74) is 1.69. The van der Waals surface area contributed by atoms with E-state index in [-0.39, 0.29) is 18.5 Å². The molecule has 0 bridgehead atoms. The Balaban J connectivity index is 1.26. The van der Waals surface area contributed by atoms with E-state index in [9.17, 15) is 14.4 Å². The zero-order valence-corrected chi connectivity index (χ0v) is 20.3. The van der Waals surface area contributed by atoms with E-state index >= 15 is 0 Å². The molecule has 2 heterocycles. The summed E-state index contributed by atoms with van der Waals surface area (Å²) in [5, 5.41) is 4.73. The highest BCUT2D eigenvalue weighted by Crippen LogP contribution is 2.42. The molecule has 1 saturated carbocycles. The van der Waals surface area contributed by atoms with Crippen LogP contribution in [0.25, 0.3) is 10.2 Å². The van der Waals surface area contributed by atoms with Gasteiger partial charge in [0.1, 0.15) is 16.2 Å². The number of nitrogens with one attached hydrogen (secondary N) is 1. The maximum absolute atomic E-state index is 12.8. The Morgan fingerprint density at radius 1 is 1.21 bits per heavy atom. The maximum Gasteiger partial charge on any atom is 0.339 e. The summed E-state index contributed by atoms with van der Waals surface area (Å²) in [6, 6.07) is 7.37. The minimum absolute atomic E-state index is 0.0615. The van der Waals surface area contributed by atoms with Crippen LogP contribution >= 0.6 is 23.1 Å². The Morgan fingerprint density at radius 3 is 2.85 bits per heavy atom. The van der Waals surface area contributed by atoms with Crippen molar-refractivity contribution in [3.8, 4) is 0 Å². The van der Waals surface area contributed by atoms with E-state index in [4.69, 9.17) is 4.74 Å². The Kier molecular flexibility index (Phi) is 6.51. The Bertz CT molecular complexity index is 1270. The lowest BCUT2D eigenvalue weighted by molar-refractivity contribution is -0.137. The van der Waals surface area contributed by atoms with Crippen molar-refractivity contribution in [1.29, 1.82) is 0 Å². The number of aryl methyl sites for hydroxylation is 2. The van der Waals surface area contributed by atoms with E-state index in [0.29, 0.717) is 10.5 Å². The molecule has 1 N–H and O–H groups in total. The normalized spacial score (nSPS) is 14.6. The summed E-state index contributed by atoms with van der Waals surface area (Å²) in [6.07, 6.45) is 6.76. The fourth-order valence-corrected chi connectivity index (χ4v) is 6.26. The quantitative estimate of drug-likeness (QED) is 0.377. The van der Waals surface area contributed by atoms with E-state index in [1.807, 2.05) is 12.1 Å². The largest absolute Gasteiger partial charge is 0.452 e. The van der Waals surface area contributed by atoms with Crippen LogP contribution in [-0.2, 0) is 27.2 Å². The van der Waals surface area contributed by atoms with Gasteiger partial charge in [0, 0.05) is 28.2 Å². The lowest BCUT2D eigenvalue weighted by Crippen LogP contribution is -2.40. The summed E-state index contributed by atoms with van der Waals surface area (Å²) in [5.74, 6) is -1.23. The number of thiophene rings is 1. The Hall–Kier alpha value is -2.98. The number of ether oxygens (including phenoxy) is 1. The molecule has 2 amide bonds. The average Bonchev–Trinajstić information content (AvgIpc) is 3.38. The SMILES string of the molecule is CN(CC(=O)NC1CC1)C(=O)COC(=O)c1ccccc1Sc1ncnc2sc3c(c12)CCC3. The number of aromatic nitrogens is 2. The van der Waals surface area contributed by atoms with Gasteiger partial charge in [0.25, 0.3) is 5.91 Å². The van der Waals surface area contributed by atoms with Crippen LogP contribution in [0.4, 0.5) is 0 Å². The molecule has 0 saturated heterocycles. The second kappa shape index (κ2) is 9.71. The van der Waals surface area contributed by atoms with Crippen molar-refractivity contribution in [3.05, 3.63) is 46.6 Å². The Labute approximate surface area is 205 Å². The topological polar surface area (TPSA) is 101 Å². The van der Waals surface area contributed by atoms with Gasteiger partial charge in [0.15, 0.2) is 6.61 Å². The molecule has 2 aliphatic carbocycles. The fourth-order valence-electron chi connectivity index (χ4n) is 3.93. The Morgan fingerprint density at radius 2 is 2.03 bits per heavy atom. The molecule has 34 heavy (non-hydrogen) atoms. The molecule has 8 nitrogen and oxygen atoms in total. The van der Waals surface area contributed by atoms with Crippen LogP contribution in [0.5, 0.6) is 0 Å². The van der Waals surface area contributed by atoms with Gasteiger partial charge in [-0.05, 0) is 49.8 Å². The van der Waals surface area contributed by atoms with Gasteiger partial charge in [0.05, 0.1) is 12.1 Å². The zero-order chi connectivity index (χ0) is 23.7. The van der Waals surface area contributed by atoms with Crippen molar-refractivity contribution < 1.29 is 19.1 Å². The van der Waals surface area contributed by atoms with Crippen LogP contribution in [0.1, 0.15) is 40.1 Å². The number of rotatable bonds is 8. The summed E-state index contributed by atoms with van der Waals surface area (Å²) in [6.45, 7) is -0.491. The van der Waals surface area contributed by atoms with Gasteiger partial charge in [-0.3, -0.25) is 9.59 Å². The smallest absolute Gasteiger partial charge is 0.339 e. The van der Waals surface area contributed by atoms with Gasteiger partial charge in [-0.25, -0.2) is 14.8 Å². The number of benzene rings is 1. The third kappa shape index (κ3) is 4.92. The maximum atomic E-state index is 12.8. The molecule has 0 unspecified atom stereocenters. The lowest BCUT2D eigenvalue weighted by Gasteiger charge is -2.17. The molecule has 0 atom stereocenters. The number of fused-ring (bicyclic) bond motifs is 3. The molecule has 3 aromatic rings. The molecule has 2 aromatic heterocycles. The molecule has 0 aliphatic heterocycles. The third-order valence-electron chi connectivity index (χ3n) is 5.86. The molecule has 1 fully saturated rings. The van der Waals surface area contributed by atoms with Crippen molar-refractivity contribution in [2.45, 2.75) is 48.1 Å². The van der Waals surface area contributed by atoms with Gasteiger partial charge in [-0.2, -0.15) is 0 Å². The van der Waals surface area contributed by atoms with Crippen molar-refractivity contribution >= 4 is 51.1 Å². The molecular weight excluding hydrogens is 472 g/mol. The van der Waals surface area contributed by atoms with Gasteiger partial charge in [0.2, 0.25) is 5.91 Å². The molecule has 0 spiro atoms. The molecule has 0 radical (unpaired) electrons. The molecule has 1 aromatic carbocycles. The number of carbonyl (C=O) groups is 3. The predicted molar refractivity (Wildman–Crippen MR) is 129 cm³/mol. The minimum atomic E-state index is -0.590. The first kappa shape index (κ1) is 22.8. The number of hydrogen-bond donors (Lipinski definition) is 1. The van der Waals surface area contributed by atoms with Crippen molar-refractivity contribution in [2.24, 2.45) is 0 Å². The average molecular weight is 497 g/mol. The predicted octanol–water partition coefficient (Wildman–Crippen LogP) is 3.23. The number of carbonyl (C=O) groups excluding carboxylic acids is 3. The van der Waals surface area contributed by atoms with E-state index in [1.165, 1.54) is 34.2 Å². The lowest BCUT2D eigenvalue weighted by atomic mass is 10.2. The van der Waals surface area contributed by atoms with E-state index in [2.05, 4.69) is 15.3 Å². The van der Waals surface area contributed by atoms with Crippen LogP contribution in [0.3, 0.4) is 0 Å². The first-order chi connectivity index (χ1) is 16.5. The standard InChI is InChI=1S/C24H24N4O4S2/c1-28(11-19(29)27-14-9-10-14)20(30)12-32-24(31)16-5-2-3-7-18(16)34-23-21-15-6-4-8-17(15)33-22(21)25-13-26-23/h2-3,5,7,13-14H,4,6,8-12H2,1H3,(H,27,29). The highest BCUT2D eigenvalue weighted by Gasteiger charge is 2.25. The number of hydrogen-bond acceptors (Lipinski definition) is 8. The number of likely N-dealkylation sites (N-methyl/N-ethyl adjacent to an activating group) is 1. The van der Waals surface area contributed by atoms with Crippen LogP contribution < -0.4 is 5.32 Å². The van der Waals surface area contributed by atoms with Crippen molar-refractivity contribution in [1.82, 2.24) is 20.2 Å². The molecule has 2 aliphatic rings. The van der Waals surface area contributed by atoms with Crippen molar-refractivity contribution in [3.63, 3.8) is 0 Å². The molecule has 176 valence electrons. The van der Waals surface area contributed by atoms with Crippen LogP contribution in [-0.4, -0.2) is 58.9 Å². The molecule has 5 rings (SSSR count). The minimum Gasteiger partial charge on any atom is -0.452 e. The molecular formula is C24H24N4O4S2. The second-order valence-electron chi connectivity index (χ2n) is 8.48. The highest BCUT2D eigenvalue weighted by atomic mass is 32.2. The first-order valence-electron chi connectivity index (χ1n) is 11.2. The summed E-state index contributed by atoms with van der Waals surface area (Å²) in [4.78, 5) is 50.4. The van der Waals surface area contributed by atoms with Gasteiger partial charge >= 0.3 is 5.97 Å². The van der Waals surface area contributed by atoms with E-state index < -0.39 is 18.5 Å². The van der Waals surface area contributed by atoms with Crippen LogP contribution in [0, 0.1) is 0 Å². The zero-order valence-electron chi connectivity index (χ0n) is 18.7. The van der Waals surface area contributed by atoms with E-state index in [0.717, 1.165) is 47.3 Å². The first-order valence-corrected chi connectivity index (χ1v) is 12.9. The summed E-state index contributed by atoms with van der Waals surface area (Å²) >= 11 is 3.13. The summed E-state index contributed by atoms with van der Waals surface area (Å²) in [7, 11) is 1.52. The number of esters is 1. The van der Waals surface area contributed by atoms with Crippen LogP contribution in [0.15, 0.2) is 40.5 Å². The second-order valence-corrected chi connectivity index (χ2v) is 10.6. The van der Waals surface area contributed by atoms with Gasteiger partial charge in [-0.15, -0.1) is 11.3 Å². The monoisotopic (exact) mass is 496 g/mol. The molecule has 10 heteroatoms. The van der Waals surface area contributed by atoms with Gasteiger partial charge in [-0.1, -0.05) is 23.9 Å². The van der Waals surface area contributed by atoms with Crippen LogP contribution in [0.2, 0.25) is 0 Å². The van der Waals surface area contributed by atoms with Gasteiger partial charge < -0.3 is 15.0 Å². The van der Waals surface area contributed by atoms with E-state index in [1.54, 1.807) is 29.8 Å². The highest BCUT2D eigenvalue weighted by molar-refractivity contribution is 7.99. The number of amides is 2. The number of nitrogens with zero attached hydrogens (tertiary/aromatic N) is 3. The fraction of sp³-hybridized carbons (Fsp3) is 0.375. The van der Waals surface area contributed by atoms with Crippen molar-refractivity contribution in [2.75, 3.05) is 20.2 Å². The summed E-state index contributed by atoms with van der Waals surface area (Å²) < 4.78 is 5.31.